The Morgan fingerprint density at radius 3 is 2.45 bits per heavy atom. The van der Waals surface area contributed by atoms with E-state index in [1.165, 1.54) is 0 Å². The zero-order valence-corrected chi connectivity index (χ0v) is 16.6. The van der Waals surface area contributed by atoms with Crippen LogP contribution in [0.15, 0.2) is 77.6 Å². The van der Waals surface area contributed by atoms with Gasteiger partial charge < -0.3 is 10.1 Å². The summed E-state index contributed by atoms with van der Waals surface area (Å²) < 4.78 is 6.56. The lowest BCUT2D eigenvalue weighted by Gasteiger charge is -2.16. The van der Waals surface area contributed by atoms with E-state index in [4.69, 9.17) is 9.72 Å². The first kappa shape index (κ1) is 17.6. The Morgan fingerprint density at radius 2 is 1.66 bits per heavy atom. The van der Waals surface area contributed by atoms with Crippen LogP contribution in [0.3, 0.4) is 0 Å². The van der Waals surface area contributed by atoms with Crippen molar-refractivity contribution in [1.29, 1.82) is 0 Å². The molecule has 0 saturated heterocycles. The van der Waals surface area contributed by atoms with Crippen LogP contribution in [0, 0.1) is 0 Å². The third-order valence-corrected chi connectivity index (χ3v) is 6.01. The zero-order valence-electron chi connectivity index (χ0n) is 15.8. The number of rotatable bonds is 4. The Morgan fingerprint density at radius 1 is 0.931 bits per heavy atom. The summed E-state index contributed by atoms with van der Waals surface area (Å²) in [4.78, 5) is 19.1. The number of benzene rings is 4. The summed E-state index contributed by atoms with van der Waals surface area (Å²) in [6.45, 7) is 2.57. The molecular weight excluding hydrogens is 380 g/mol. The molecule has 5 rings (SSSR count). The van der Waals surface area contributed by atoms with Crippen molar-refractivity contribution in [2.45, 2.75) is 6.92 Å². The molecule has 3 aromatic carbocycles. The van der Waals surface area contributed by atoms with Crippen molar-refractivity contribution in [1.82, 2.24) is 4.98 Å². The maximum absolute atomic E-state index is 13.3. The first-order valence-corrected chi connectivity index (χ1v) is 10.3. The van der Waals surface area contributed by atoms with Crippen LogP contribution in [-0.4, -0.2) is 11.6 Å². The fraction of sp³-hybridized carbons (Fsp3) is 0.0833. The molecule has 142 valence electrons. The molecule has 3 aromatic rings. The van der Waals surface area contributed by atoms with Gasteiger partial charge >= 0.3 is 0 Å². The average molecular weight is 398 g/mol. The second-order valence-electron chi connectivity index (χ2n) is 6.69. The normalized spacial score (nSPS) is 11.2. The van der Waals surface area contributed by atoms with Gasteiger partial charge in [-0.2, -0.15) is 0 Å². The van der Waals surface area contributed by atoms with Gasteiger partial charge in [-0.25, -0.2) is 4.98 Å². The lowest BCUT2D eigenvalue weighted by Crippen LogP contribution is -2.11. The third-order valence-electron chi connectivity index (χ3n) is 4.84. The highest BCUT2D eigenvalue weighted by molar-refractivity contribution is 7.22. The fourth-order valence-electron chi connectivity index (χ4n) is 3.50. The van der Waals surface area contributed by atoms with Gasteiger partial charge in [0.2, 0.25) is 5.43 Å². The molecule has 0 amide bonds. The quantitative estimate of drug-likeness (QED) is 0.295. The summed E-state index contributed by atoms with van der Waals surface area (Å²) in [5.41, 5.74) is 3.15. The van der Waals surface area contributed by atoms with Gasteiger partial charge in [-0.3, -0.25) is 4.79 Å². The van der Waals surface area contributed by atoms with Gasteiger partial charge in [0, 0.05) is 16.5 Å². The molecule has 5 heteroatoms. The van der Waals surface area contributed by atoms with Crippen molar-refractivity contribution in [2.75, 3.05) is 11.9 Å². The molecular formula is C24H18N2O2S. The van der Waals surface area contributed by atoms with E-state index in [0.717, 1.165) is 37.6 Å². The van der Waals surface area contributed by atoms with E-state index in [1.54, 1.807) is 11.3 Å². The highest BCUT2D eigenvalue weighted by Gasteiger charge is 2.20. The minimum Gasteiger partial charge on any atom is -0.494 e. The van der Waals surface area contributed by atoms with Crippen LogP contribution in [0.2, 0.25) is 0 Å². The summed E-state index contributed by atoms with van der Waals surface area (Å²) in [7, 11) is 0. The van der Waals surface area contributed by atoms with Gasteiger partial charge in [-0.15, -0.1) is 11.3 Å². The van der Waals surface area contributed by atoms with Crippen LogP contribution in [-0.2, 0) is 0 Å². The number of fused-ring (bicyclic) bond motifs is 4. The van der Waals surface area contributed by atoms with Gasteiger partial charge in [-0.1, -0.05) is 36.4 Å². The summed E-state index contributed by atoms with van der Waals surface area (Å²) >= 11 is 1.59. The van der Waals surface area contributed by atoms with Gasteiger partial charge in [0.05, 0.1) is 27.4 Å². The molecule has 1 heterocycles. The number of ether oxygens (including phenoxy) is 1. The molecule has 0 unspecified atom stereocenters. The topological polar surface area (TPSA) is 51.2 Å². The lowest BCUT2D eigenvalue weighted by atomic mass is 10.0. The highest BCUT2D eigenvalue weighted by atomic mass is 32.1. The summed E-state index contributed by atoms with van der Waals surface area (Å²) in [5, 5.41) is 4.89. The summed E-state index contributed by atoms with van der Waals surface area (Å²) in [5.74, 6) is 0.805. The van der Waals surface area contributed by atoms with Gasteiger partial charge in [0.1, 0.15) is 11.4 Å². The number of anilines is 2. The molecule has 2 aliphatic rings. The van der Waals surface area contributed by atoms with E-state index in [2.05, 4.69) is 5.32 Å². The molecule has 0 bridgehead atoms. The summed E-state index contributed by atoms with van der Waals surface area (Å²) in [6.07, 6.45) is 0. The van der Waals surface area contributed by atoms with Crippen LogP contribution in [0.25, 0.3) is 31.6 Å². The molecule has 1 aliphatic carbocycles. The van der Waals surface area contributed by atoms with Crippen molar-refractivity contribution in [3.8, 4) is 16.3 Å². The maximum Gasteiger partial charge on any atom is 0.211 e. The second kappa shape index (κ2) is 7.18. The van der Waals surface area contributed by atoms with E-state index in [-0.39, 0.29) is 5.43 Å². The van der Waals surface area contributed by atoms with E-state index >= 15 is 0 Å². The Balaban J connectivity index is 1.75. The smallest absolute Gasteiger partial charge is 0.211 e. The molecule has 4 nitrogen and oxygen atoms in total. The number of nitrogens with one attached hydrogen (secondary N) is 1. The second-order valence-corrected chi connectivity index (χ2v) is 7.74. The number of hydrogen-bond donors (Lipinski definition) is 1. The van der Waals surface area contributed by atoms with Crippen molar-refractivity contribution >= 4 is 43.7 Å². The Kier molecular flexibility index (Phi) is 4.37. The molecule has 0 fully saturated rings. The highest BCUT2D eigenvalue weighted by Crippen LogP contribution is 2.40. The van der Waals surface area contributed by atoms with E-state index in [9.17, 15) is 4.79 Å². The van der Waals surface area contributed by atoms with Crippen molar-refractivity contribution in [3.63, 3.8) is 0 Å². The summed E-state index contributed by atoms with van der Waals surface area (Å²) in [6, 6.07) is 23.3. The number of para-hydroxylation sites is 1. The largest absolute Gasteiger partial charge is 0.494 e. The van der Waals surface area contributed by atoms with Crippen LogP contribution in [0.5, 0.6) is 5.75 Å². The molecule has 0 spiro atoms. The van der Waals surface area contributed by atoms with Crippen LogP contribution in [0.4, 0.5) is 11.4 Å². The monoisotopic (exact) mass is 398 g/mol. The molecule has 1 N–H and O–H groups in total. The standard InChI is InChI=1S/C24H18N2O2S/c1-2-28-16-13-11-15(12-14-16)25-22-23(27)18-8-4-3-7-17(18)21-24(22)29-20-10-6-5-9-19(20)26-21/h3-14,25H,2H2,1H3. The third kappa shape index (κ3) is 3.09. The minimum atomic E-state index is -0.0182. The van der Waals surface area contributed by atoms with Crippen LogP contribution in [0.1, 0.15) is 6.92 Å². The molecule has 1 aliphatic heterocycles. The van der Waals surface area contributed by atoms with Crippen molar-refractivity contribution in [2.24, 2.45) is 0 Å². The van der Waals surface area contributed by atoms with E-state index in [1.807, 2.05) is 79.7 Å². The minimum absolute atomic E-state index is 0.0182. The van der Waals surface area contributed by atoms with E-state index in [0.29, 0.717) is 17.7 Å². The SMILES string of the molecule is CCOc1ccc(Nc2c3sc4ccccc4nc-3c3ccccc3c2=O)cc1. The maximum atomic E-state index is 13.3. The predicted octanol–water partition coefficient (Wildman–Crippen LogP) is 6.06. The van der Waals surface area contributed by atoms with Crippen LogP contribution < -0.4 is 15.5 Å². The number of hydrogen-bond acceptors (Lipinski definition) is 5. The molecule has 0 saturated carbocycles. The Bertz CT molecular complexity index is 1360. The zero-order chi connectivity index (χ0) is 19.8. The van der Waals surface area contributed by atoms with Gasteiger partial charge in [0.15, 0.2) is 0 Å². The average Bonchev–Trinajstić information content (AvgIpc) is 2.77. The first-order chi connectivity index (χ1) is 14.2. The number of aromatic nitrogens is 1. The van der Waals surface area contributed by atoms with E-state index < -0.39 is 0 Å². The van der Waals surface area contributed by atoms with Gasteiger partial charge in [0.25, 0.3) is 0 Å². The Labute approximate surface area is 171 Å². The first-order valence-electron chi connectivity index (χ1n) is 9.49. The van der Waals surface area contributed by atoms with Gasteiger partial charge in [-0.05, 0) is 43.3 Å². The number of nitrogens with zero attached hydrogens (tertiary/aromatic N) is 1. The van der Waals surface area contributed by atoms with Crippen molar-refractivity contribution < 1.29 is 4.74 Å². The molecule has 0 atom stereocenters. The molecule has 29 heavy (non-hydrogen) atoms. The molecule has 0 aromatic heterocycles. The lowest BCUT2D eigenvalue weighted by molar-refractivity contribution is 0.340. The Hall–Kier alpha value is -3.44. The van der Waals surface area contributed by atoms with Crippen molar-refractivity contribution in [3.05, 3.63) is 83.0 Å². The van der Waals surface area contributed by atoms with Crippen LogP contribution >= 0.6 is 11.3 Å². The predicted molar refractivity (Wildman–Crippen MR) is 121 cm³/mol. The fourth-order valence-corrected chi connectivity index (χ4v) is 4.58. The molecule has 0 radical (unpaired) electrons.